The first kappa shape index (κ1) is 19.1. The maximum absolute atomic E-state index is 13.1. The van der Waals surface area contributed by atoms with Crippen LogP contribution in [0.25, 0.3) is 0 Å². The minimum Gasteiger partial charge on any atom is -0.480 e. The molecule has 26 heavy (non-hydrogen) atoms. The van der Waals surface area contributed by atoms with Crippen molar-refractivity contribution in [2.45, 2.75) is 52.6 Å². The number of carboxylic acids is 1. The molecule has 3 aliphatic rings. The van der Waals surface area contributed by atoms with E-state index >= 15 is 0 Å². The van der Waals surface area contributed by atoms with E-state index in [2.05, 4.69) is 19.2 Å². The average molecular weight is 366 g/mol. The highest BCUT2D eigenvalue weighted by Gasteiger charge is 2.69. The number of piperidine rings is 1. The summed E-state index contributed by atoms with van der Waals surface area (Å²) < 4.78 is 5.30. The van der Waals surface area contributed by atoms with Gasteiger partial charge < -0.3 is 20.1 Å². The molecule has 7 nitrogen and oxygen atoms in total. The van der Waals surface area contributed by atoms with Crippen molar-refractivity contribution in [3.05, 3.63) is 0 Å². The van der Waals surface area contributed by atoms with Crippen molar-refractivity contribution in [3.8, 4) is 0 Å². The van der Waals surface area contributed by atoms with E-state index in [0.29, 0.717) is 26.2 Å². The Morgan fingerprint density at radius 2 is 2.00 bits per heavy atom. The molecule has 1 saturated carbocycles. The zero-order chi connectivity index (χ0) is 19.2. The summed E-state index contributed by atoms with van der Waals surface area (Å²) in [6.45, 7) is 9.59. The number of carbonyl (C=O) groups excluding carboxylic acids is 2. The van der Waals surface area contributed by atoms with Gasteiger partial charge in [-0.2, -0.15) is 0 Å². The first-order valence-corrected chi connectivity index (χ1v) is 9.55. The Kier molecular flexibility index (Phi) is 5.03. The van der Waals surface area contributed by atoms with Crippen LogP contribution in [0.15, 0.2) is 0 Å². The van der Waals surface area contributed by atoms with Crippen LogP contribution in [0.2, 0.25) is 0 Å². The maximum Gasteiger partial charge on any atom is 0.326 e. The summed E-state index contributed by atoms with van der Waals surface area (Å²) >= 11 is 0. The van der Waals surface area contributed by atoms with Gasteiger partial charge in [0.2, 0.25) is 11.8 Å². The number of amides is 2. The number of hydrogen-bond acceptors (Lipinski definition) is 4. The van der Waals surface area contributed by atoms with E-state index in [1.807, 2.05) is 13.8 Å². The number of aliphatic carboxylic acids is 1. The minimum atomic E-state index is -0.951. The maximum atomic E-state index is 13.1. The molecule has 0 aromatic heterocycles. The predicted molar refractivity (Wildman–Crippen MR) is 94.2 cm³/mol. The highest BCUT2D eigenvalue weighted by atomic mass is 16.5. The van der Waals surface area contributed by atoms with Gasteiger partial charge in [0.25, 0.3) is 0 Å². The Hall–Kier alpha value is -1.63. The Morgan fingerprint density at radius 1 is 1.31 bits per heavy atom. The summed E-state index contributed by atoms with van der Waals surface area (Å²) in [6, 6.07) is -1.48. The molecule has 3 rings (SSSR count). The number of hydrogen-bond donors (Lipinski definition) is 2. The zero-order valence-electron chi connectivity index (χ0n) is 16.0. The van der Waals surface area contributed by atoms with Crippen molar-refractivity contribution in [2.75, 3.05) is 19.8 Å². The van der Waals surface area contributed by atoms with Crippen molar-refractivity contribution < 1.29 is 24.2 Å². The smallest absolute Gasteiger partial charge is 0.326 e. The lowest BCUT2D eigenvalue weighted by atomic mass is 9.97. The normalized spacial score (nSPS) is 33.0. The number of likely N-dealkylation sites (tertiary alicyclic amines) is 1. The summed E-state index contributed by atoms with van der Waals surface area (Å²) in [5.41, 5.74) is -0.0289. The van der Waals surface area contributed by atoms with Crippen molar-refractivity contribution >= 4 is 17.8 Å². The second kappa shape index (κ2) is 6.83. The van der Waals surface area contributed by atoms with Crippen LogP contribution in [0, 0.1) is 29.1 Å². The average Bonchev–Trinajstić information content (AvgIpc) is 3.00. The second-order valence-corrected chi connectivity index (χ2v) is 8.95. The lowest BCUT2D eigenvalue weighted by molar-refractivity contribution is -0.152. The van der Waals surface area contributed by atoms with Gasteiger partial charge in [-0.1, -0.05) is 27.7 Å². The van der Waals surface area contributed by atoms with E-state index in [1.165, 1.54) is 4.90 Å². The molecule has 2 saturated heterocycles. The molecule has 3 fully saturated rings. The highest BCUT2D eigenvalue weighted by Crippen LogP contribution is 2.64. The minimum absolute atomic E-state index is 0.00287. The van der Waals surface area contributed by atoms with Crippen molar-refractivity contribution in [1.82, 2.24) is 10.2 Å². The summed E-state index contributed by atoms with van der Waals surface area (Å²) in [7, 11) is 0. The van der Waals surface area contributed by atoms with Crippen LogP contribution in [-0.2, 0) is 19.1 Å². The highest BCUT2D eigenvalue weighted by molar-refractivity contribution is 5.91. The van der Waals surface area contributed by atoms with E-state index in [9.17, 15) is 19.5 Å². The van der Waals surface area contributed by atoms with E-state index < -0.39 is 18.1 Å². The first-order valence-electron chi connectivity index (χ1n) is 9.55. The number of nitrogens with one attached hydrogen (secondary N) is 1. The Bertz CT molecular complexity index is 597. The summed E-state index contributed by atoms with van der Waals surface area (Å²) in [6.07, 6.45) is 1.20. The molecule has 1 unspecified atom stereocenters. The molecule has 5 atom stereocenters. The van der Waals surface area contributed by atoms with E-state index in [1.54, 1.807) is 0 Å². The summed E-state index contributed by atoms with van der Waals surface area (Å²) in [4.78, 5) is 38.7. The number of fused-ring (bicyclic) bond motifs is 1. The summed E-state index contributed by atoms with van der Waals surface area (Å²) in [5.74, 6) is -1.06. The lowest BCUT2D eigenvalue weighted by Crippen LogP contribution is -2.55. The number of carboxylic acid groups (broad SMARTS) is 1. The lowest BCUT2D eigenvalue weighted by Gasteiger charge is -2.33. The number of rotatable bonds is 6. The molecule has 0 aromatic carbocycles. The van der Waals surface area contributed by atoms with E-state index in [-0.39, 0.29) is 40.9 Å². The van der Waals surface area contributed by atoms with Crippen LogP contribution in [-0.4, -0.2) is 59.6 Å². The van der Waals surface area contributed by atoms with Crippen molar-refractivity contribution in [1.29, 1.82) is 0 Å². The molecule has 2 aliphatic heterocycles. The van der Waals surface area contributed by atoms with Crippen LogP contribution in [0.4, 0.5) is 0 Å². The number of ether oxygens (including phenoxy) is 1. The quantitative estimate of drug-likeness (QED) is 0.734. The molecular formula is C19H30N2O5. The molecule has 0 aromatic rings. The Labute approximate surface area is 154 Å². The largest absolute Gasteiger partial charge is 0.480 e. The van der Waals surface area contributed by atoms with Crippen LogP contribution in [0.5, 0.6) is 0 Å². The van der Waals surface area contributed by atoms with Gasteiger partial charge in [0.15, 0.2) is 0 Å². The van der Waals surface area contributed by atoms with Gasteiger partial charge in [-0.05, 0) is 29.6 Å². The monoisotopic (exact) mass is 366 g/mol. The van der Waals surface area contributed by atoms with Gasteiger partial charge in [-0.3, -0.25) is 9.59 Å². The molecule has 7 heteroatoms. The second-order valence-electron chi connectivity index (χ2n) is 8.95. The molecule has 2 N–H and O–H groups in total. The number of nitrogens with zero attached hydrogens (tertiary/aromatic N) is 1. The fourth-order valence-electron chi connectivity index (χ4n) is 4.73. The van der Waals surface area contributed by atoms with Crippen molar-refractivity contribution in [3.63, 3.8) is 0 Å². The fourth-order valence-corrected chi connectivity index (χ4v) is 4.73. The van der Waals surface area contributed by atoms with Crippen LogP contribution < -0.4 is 5.32 Å². The molecule has 2 heterocycles. The molecule has 0 spiro atoms. The SMILES string of the molecule is CC(C)[C@H](NC(=O)CC1CCOC1)C(=O)N1C[C@H]2[C@@H]([C@H]1C(=O)O)C2(C)C. The first-order chi connectivity index (χ1) is 12.1. The standard InChI is InChI=1S/C19H30N2O5/c1-10(2)15(20-13(22)7-11-5-6-26-9-11)17(23)21-8-12-14(19(12,3)4)16(21)18(24)25/h10-12,14-16H,5-9H2,1-4H3,(H,20,22)(H,24,25)/t11?,12-,14-,15-,16-/m0/s1. The molecular weight excluding hydrogens is 336 g/mol. The third kappa shape index (κ3) is 3.33. The third-order valence-corrected chi connectivity index (χ3v) is 6.49. The molecule has 1 aliphatic carbocycles. The summed E-state index contributed by atoms with van der Waals surface area (Å²) in [5, 5.41) is 12.5. The fraction of sp³-hybridized carbons (Fsp3) is 0.842. The van der Waals surface area contributed by atoms with Gasteiger partial charge in [0.05, 0.1) is 0 Å². The third-order valence-electron chi connectivity index (χ3n) is 6.49. The van der Waals surface area contributed by atoms with E-state index in [0.717, 1.165) is 6.42 Å². The molecule has 146 valence electrons. The molecule has 0 bridgehead atoms. The van der Waals surface area contributed by atoms with Gasteiger partial charge in [-0.15, -0.1) is 0 Å². The van der Waals surface area contributed by atoms with Crippen LogP contribution in [0.3, 0.4) is 0 Å². The Balaban J connectivity index is 1.67. The van der Waals surface area contributed by atoms with Gasteiger partial charge in [-0.25, -0.2) is 4.79 Å². The zero-order valence-corrected chi connectivity index (χ0v) is 16.0. The van der Waals surface area contributed by atoms with Crippen LogP contribution >= 0.6 is 0 Å². The molecule has 0 radical (unpaired) electrons. The van der Waals surface area contributed by atoms with E-state index in [4.69, 9.17) is 4.74 Å². The van der Waals surface area contributed by atoms with Gasteiger partial charge in [0.1, 0.15) is 12.1 Å². The predicted octanol–water partition coefficient (Wildman–Crippen LogP) is 1.12. The molecule has 2 amide bonds. The number of carbonyl (C=O) groups is 3. The Morgan fingerprint density at radius 3 is 2.54 bits per heavy atom. The van der Waals surface area contributed by atoms with Crippen molar-refractivity contribution in [2.24, 2.45) is 29.1 Å². The van der Waals surface area contributed by atoms with Gasteiger partial charge in [0, 0.05) is 32.1 Å². The van der Waals surface area contributed by atoms with Crippen LogP contribution in [0.1, 0.15) is 40.5 Å². The topological polar surface area (TPSA) is 95.9 Å². The van der Waals surface area contributed by atoms with Gasteiger partial charge >= 0.3 is 5.97 Å².